The van der Waals surface area contributed by atoms with Crippen LogP contribution in [-0.2, 0) is 16.9 Å². The van der Waals surface area contributed by atoms with Crippen molar-refractivity contribution in [3.05, 3.63) is 112 Å². The Bertz CT molecular complexity index is 1560. The molecule has 0 aliphatic carbocycles. The lowest BCUT2D eigenvalue weighted by Crippen LogP contribution is -2.44. The summed E-state index contributed by atoms with van der Waals surface area (Å²) in [7, 11) is 0. The first-order valence-corrected chi connectivity index (χ1v) is 12.4. The lowest BCUT2D eigenvalue weighted by atomic mass is 9.83. The van der Waals surface area contributed by atoms with Gasteiger partial charge in [-0.2, -0.15) is 9.78 Å². The molecular formula is C29H26ClN3O4. The average Bonchev–Trinajstić information content (AvgIpc) is 3.12. The number of anilines is 1. The molecule has 4 aromatic rings. The number of benzene rings is 3. The van der Waals surface area contributed by atoms with Crippen molar-refractivity contribution in [2.45, 2.75) is 25.5 Å². The average molecular weight is 516 g/mol. The third-order valence-electron chi connectivity index (χ3n) is 6.83. The maximum Gasteiger partial charge on any atom is 0.279 e. The molecule has 0 saturated heterocycles. The monoisotopic (exact) mass is 515 g/mol. The van der Waals surface area contributed by atoms with Crippen LogP contribution in [0.5, 0.6) is 0 Å². The summed E-state index contributed by atoms with van der Waals surface area (Å²) in [6.07, 6.45) is 5.59. The van der Waals surface area contributed by atoms with E-state index in [2.05, 4.69) is 5.10 Å². The number of aliphatic hydroxyl groups is 2. The topological polar surface area (TPSA) is 95.7 Å². The standard InChI is InChI=1S/C29H26ClN3O4/c1-19(6-4-5-15-34)29(37)25-16-22(30)11-14-26(25)32(28(29)36)18-20-9-12-23(13-10-20)33-27(35)24-8-3-2-7-21(24)17-31-33/h2-4,6-14,16-17,19,34,37H,5,15,18H2,1H3/b6-4+/t19-,29+/m0/s1. The molecule has 2 heterocycles. The van der Waals surface area contributed by atoms with Crippen LogP contribution < -0.4 is 10.5 Å². The van der Waals surface area contributed by atoms with Gasteiger partial charge >= 0.3 is 0 Å². The SMILES string of the molecule is C[C@@H](/C=C/CCO)[C@]1(O)C(=O)N(Cc2ccc(-n3ncc4ccccc4c3=O)cc2)c2ccc(Cl)cc21. The number of amides is 1. The van der Waals surface area contributed by atoms with Crippen LogP contribution in [0, 0.1) is 5.92 Å². The van der Waals surface area contributed by atoms with Gasteiger partial charge in [0.1, 0.15) is 0 Å². The smallest absolute Gasteiger partial charge is 0.279 e. The Morgan fingerprint density at radius 1 is 1.08 bits per heavy atom. The third kappa shape index (κ3) is 4.35. The Balaban J connectivity index is 1.45. The minimum absolute atomic E-state index is 0.0129. The lowest BCUT2D eigenvalue weighted by molar-refractivity contribution is -0.139. The van der Waals surface area contributed by atoms with Crippen LogP contribution in [0.3, 0.4) is 0 Å². The number of fused-ring (bicyclic) bond motifs is 2. The van der Waals surface area contributed by atoms with Gasteiger partial charge in [-0.1, -0.05) is 61.0 Å². The number of hydrogen-bond acceptors (Lipinski definition) is 5. The third-order valence-corrected chi connectivity index (χ3v) is 7.06. The van der Waals surface area contributed by atoms with Gasteiger partial charge in [-0.3, -0.25) is 9.59 Å². The van der Waals surface area contributed by atoms with E-state index < -0.39 is 17.4 Å². The molecule has 5 rings (SSSR count). The van der Waals surface area contributed by atoms with Gasteiger partial charge in [0, 0.05) is 28.5 Å². The lowest BCUT2D eigenvalue weighted by Gasteiger charge is -2.27. The van der Waals surface area contributed by atoms with Crippen LogP contribution >= 0.6 is 11.6 Å². The van der Waals surface area contributed by atoms with Crippen molar-refractivity contribution in [2.75, 3.05) is 11.5 Å². The molecule has 0 radical (unpaired) electrons. The van der Waals surface area contributed by atoms with Crippen molar-refractivity contribution >= 4 is 34.0 Å². The van der Waals surface area contributed by atoms with Crippen LogP contribution in [0.25, 0.3) is 16.5 Å². The fourth-order valence-corrected chi connectivity index (χ4v) is 4.96. The Morgan fingerprint density at radius 3 is 2.59 bits per heavy atom. The number of hydrogen-bond donors (Lipinski definition) is 2. The van der Waals surface area contributed by atoms with Gasteiger partial charge in [0.25, 0.3) is 11.5 Å². The van der Waals surface area contributed by atoms with E-state index in [0.29, 0.717) is 33.8 Å². The molecule has 1 aliphatic heterocycles. The summed E-state index contributed by atoms with van der Waals surface area (Å²) in [5.41, 5.74) is 0.484. The van der Waals surface area contributed by atoms with E-state index in [0.717, 1.165) is 10.9 Å². The Labute approximate surface area is 218 Å². The number of carbonyl (C=O) groups is 1. The minimum atomic E-state index is -1.78. The Hall–Kier alpha value is -3.78. The molecule has 0 spiro atoms. The number of halogens is 1. The van der Waals surface area contributed by atoms with E-state index in [-0.39, 0.29) is 18.7 Å². The number of rotatable bonds is 7. The first-order valence-electron chi connectivity index (χ1n) is 12.0. The van der Waals surface area contributed by atoms with Gasteiger partial charge in [0.2, 0.25) is 0 Å². The second-order valence-corrected chi connectivity index (χ2v) is 9.60. The van der Waals surface area contributed by atoms with Crippen molar-refractivity contribution in [3.63, 3.8) is 0 Å². The summed E-state index contributed by atoms with van der Waals surface area (Å²) in [6, 6.07) is 19.6. The number of aliphatic hydroxyl groups excluding tert-OH is 1. The van der Waals surface area contributed by atoms with Crippen LogP contribution in [0.1, 0.15) is 24.5 Å². The zero-order valence-electron chi connectivity index (χ0n) is 20.2. The van der Waals surface area contributed by atoms with E-state index in [9.17, 15) is 14.7 Å². The van der Waals surface area contributed by atoms with Gasteiger partial charge in [-0.15, -0.1) is 0 Å². The van der Waals surface area contributed by atoms with Crippen LogP contribution in [0.2, 0.25) is 5.02 Å². The normalized spacial score (nSPS) is 18.1. The van der Waals surface area contributed by atoms with Crippen molar-refractivity contribution in [2.24, 2.45) is 5.92 Å². The number of aromatic nitrogens is 2. The Kier molecular flexibility index (Phi) is 6.69. The molecule has 2 N–H and O–H groups in total. The van der Waals surface area contributed by atoms with Gasteiger partial charge < -0.3 is 15.1 Å². The zero-order valence-corrected chi connectivity index (χ0v) is 21.0. The van der Waals surface area contributed by atoms with Gasteiger partial charge in [0.05, 0.1) is 29.5 Å². The molecule has 2 atom stereocenters. The quantitative estimate of drug-likeness (QED) is 0.357. The summed E-state index contributed by atoms with van der Waals surface area (Å²) in [5.74, 6) is -0.982. The molecule has 0 saturated carbocycles. The second kappa shape index (κ2) is 9.94. The molecule has 188 valence electrons. The Morgan fingerprint density at radius 2 is 1.84 bits per heavy atom. The highest BCUT2D eigenvalue weighted by Gasteiger charge is 2.52. The van der Waals surface area contributed by atoms with E-state index in [1.165, 1.54) is 4.68 Å². The summed E-state index contributed by atoms with van der Waals surface area (Å²) < 4.78 is 1.35. The summed E-state index contributed by atoms with van der Waals surface area (Å²) >= 11 is 6.24. The number of carbonyl (C=O) groups excluding carboxylic acids is 1. The van der Waals surface area contributed by atoms with E-state index in [1.54, 1.807) is 66.6 Å². The van der Waals surface area contributed by atoms with Crippen molar-refractivity contribution in [1.29, 1.82) is 0 Å². The van der Waals surface area contributed by atoms with Gasteiger partial charge in [-0.25, -0.2) is 0 Å². The first kappa shape index (κ1) is 24.9. The maximum atomic E-state index is 13.6. The predicted molar refractivity (Wildman–Crippen MR) is 144 cm³/mol. The minimum Gasteiger partial charge on any atom is -0.396 e. The fraction of sp³-hybridized carbons (Fsp3) is 0.207. The number of nitrogens with zero attached hydrogens (tertiary/aromatic N) is 3. The first-order chi connectivity index (χ1) is 17.8. The van der Waals surface area contributed by atoms with E-state index in [4.69, 9.17) is 16.7 Å². The van der Waals surface area contributed by atoms with Crippen molar-refractivity contribution in [3.8, 4) is 5.69 Å². The van der Waals surface area contributed by atoms with E-state index >= 15 is 0 Å². The highest BCUT2D eigenvalue weighted by atomic mass is 35.5. The van der Waals surface area contributed by atoms with Gasteiger partial charge in [0.15, 0.2) is 5.60 Å². The predicted octanol–water partition coefficient (Wildman–Crippen LogP) is 4.35. The van der Waals surface area contributed by atoms with Crippen LogP contribution in [0.4, 0.5) is 5.69 Å². The molecule has 7 nitrogen and oxygen atoms in total. The fourth-order valence-electron chi connectivity index (χ4n) is 4.79. The second-order valence-electron chi connectivity index (χ2n) is 9.16. The molecule has 3 aromatic carbocycles. The molecule has 0 bridgehead atoms. The molecule has 1 aliphatic rings. The highest BCUT2D eigenvalue weighted by Crippen LogP contribution is 2.46. The molecule has 37 heavy (non-hydrogen) atoms. The van der Waals surface area contributed by atoms with E-state index in [1.807, 2.05) is 30.3 Å². The highest BCUT2D eigenvalue weighted by molar-refractivity contribution is 6.31. The largest absolute Gasteiger partial charge is 0.396 e. The molecule has 1 amide bonds. The molecule has 1 aromatic heterocycles. The summed E-state index contributed by atoms with van der Waals surface area (Å²) in [4.78, 5) is 28.1. The maximum absolute atomic E-state index is 13.6. The van der Waals surface area contributed by atoms with Crippen LogP contribution in [0.15, 0.2) is 89.9 Å². The molecule has 8 heteroatoms. The molecular weight excluding hydrogens is 490 g/mol. The molecule has 0 fully saturated rings. The van der Waals surface area contributed by atoms with Crippen molar-refractivity contribution in [1.82, 2.24) is 9.78 Å². The summed E-state index contributed by atoms with van der Waals surface area (Å²) in [5, 5.41) is 26.8. The van der Waals surface area contributed by atoms with Crippen molar-refractivity contribution < 1.29 is 15.0 Å². The zero-order chi connectivity index (χ0) is 26.2. The summed E-state index contributed by atoms with van der Waals surface area (Å²) in [6.45, 7) is 1.98. The van der Waals surface area contributed by atoms with Crippen LogP contribution in [-0.4, -0.2) is 32.5 Å². The van der Waals surface area contributed by atoms with Gasteiger partial charge in [-0.05, 0) is 48.4 Å². The molecule has 0 unspecified atom stereocenters.